The standard InChI is InChI=1S/C22H18BrClN2O4/c23-18-14-9-15-17(22(29)30-19(15)18)16(14)21(28)26-13-3-1-2-10(8-13)20(27)25-12-6-4-11(24)5-7-12/h1-8,14-19H,9H2,(H,25,27)(H,26,28)/t14-,15-,16-,17+,18-,19+/m1/s1. The maximum absolute atomic E-state index is 13.0. The van der Waals surface area contributed by atoms with Gasteiger partial charge in [-0.2, -0.15) is 0 Å². The topological polar surface area (TPSA) is 84.5 Å². The lowest BCUT2D eigenvalue weighted by Crippen LogP contribution is -2.40. The fraction of sp³-hybridized carbons (Fsp3) is 0.318. The first-order valence-electron chi connectivity index (χ1n) is 9.75. The number of esters is 1. The molecule has 2 N–H and O–H groups in total. The Labute approximate surface area is 186 Å². The number of hydrogen-bond donors (Lipinski definition) is 2. The molecule has 1 saturated heterocycles. The number of nitrogens with one attached hydrogen (secondary N) is 2. The highest BCUT2D eigenvalue weighted by Gasteiger charge is 2.67. The Morgan fingerprint density at radius 1 is 1.03 bits per heavy atom. The summed E-state index contributed by atoms with van der Waals surface area (Å²) >= 11 is 9.49. The van der Waals surface area contributed by atoms with Crippen molar-refractivity contribution in [1.29, 1.82) is 0 Å². The smallest absolute Gasteiger partial charge is 0.310 e. The molecule has 2 bridgehead atoms. The summed E-state index contributed by atoms with van der Waals surface area (Å²) in [5, 5.41) is 6.28. The van der Waals surface area contributed by atoms with Gasteiger partial charge >= 0.3 is 5.97 Å². The molecule has 5 rings (SSSR count). The lowest BCUT2D eigenvalue weighted by Gasteiger charge is -2.27. The fourth-order valence-corrected chi connectivity index (χ4v) is 6.20. The van der Waals surface area contributed by atoms with E-state index in [1.165, 1.54) is 0 Å². The molecule has 2 aliphatic carbocycles. The highest BCUT2D eigenvalue weighted by molar-refractivity contribution is 9.09. The fourth-order valence-electron chi connectivity index (χ4n) is 5.03. The molecule has 0 aromatic heterocycles. The SMILES string of the molecule is O=C(Nc1ccc(Cl)cc1)c1cccc(NC(=O)[C@@H]2[C@H]3C[C@H]4[C@H](OC(=O)[C@@H]42)[C@@H]3Br)c1. The van der Waals surface area contributed by atoms with Crippen LogP contribution in [-0.4, -0.2) is 28.7 Å². The molecule has 0 radical (unpaired) electrons. The Kier molecular flexibility index (Phi) is 4.82. The third-order valence-electron chi connectivity index (χ3n) is 6.32. The van der Waals surface area contributed by atoms with Crippen molar-refractivity contribution in [2.45, 2.75) is 17.4 Å². The van der Waals surface area contributed by atoms with Crippen molar-refractivity contribution in [3.8, 4) is 0 Å². The average molecular weight is 490 g/mol. The minimum atomic E-state index is -0.419. The van der Waals surface area contributed by atoms with E-state index < -0.39 is 5.92 Å². The molecule has 0 spiro atoms. The predicted octanol–water partition coefficient (Wildman–Crippen LogP) is 4.10. The molecule has 6 atom stereocenters. The van der Waals surface area contributed by atoms with Gasteiger partial charge in [0.1, 0.15) is 6.10 Å². The van der Waals surface area contributed by atoms with E-state index in [-0.39, 0.29) is 46.5 Å². The van der Waals surface area contributed by atoms with E-state index in [0.29, 0.717) is 22.0 Å². The first-order chi connectivity index (χ1) is 14.4. The van der Waals surface area contributed by atoms with Gasteiger partial charge in [-0.25, -0.2) is 0 Å². The quantitative estimate of drug-likeness (QED) is 0.500. The summed E-state index contributed by atoms with van der Waals surface area (Å²) in [4.78, 5) is 37.9. The van der Waals surface area contributed by atoms with Gasteiger partial charge in [-0.05, 0) is 54.8 Å². The number of rotatable bonds is 4. The summed E-state index contributed by atoms with van der Waals surface area (Å²) in [6.07, 6.45) is 0.704. The number of amides is 2. The van der Waals surface area contributed by atoms with Gasteiger partial charge in [0.15, 0.2) is 0 Å². The molecule has 2 aromatic carbocycles. The zero-order valence-electron chi connectivity index (χ0n) is 15.7. The van der Waals surface area contributed by atoms with Crippen LogP contribution in [-0.2, 0) is 14.3 Å². The number of fused-ring (bicyclic) bond motifs is 1. The molecule has 30 heavy (non-hydrogen) atoms. The van der Waals surface area contributed by atoms with Crippen LogP contribution in [0.1, 0.15) is 16.8 Å². The molecule has 3 fully saturated rings. The second-order valence-corrected chi connectivity index (χ2v) is 9.49. The molecule has 2 aromatic rings. The van der Waals surface area contributed by atoms with Gasteiger partial charge in [0.25, 0.3) is 5.91 Å². The van der Waals surface area contributed by atoms with Gasteiger partial charge in [0.05, 0.1) is 16.7 Å². The molecule has 0 unspecified atom stereocenters. The number of anilines is 2. The molecule has 2 saturated carbocycles. The largest absolute Gasteiger partial charge is 0.461 e. The second-order valence-electron chi connectivity index (χ2n) is 7.99. The van der Waals surface area contributed by atoms with E-state index in [0.717, 1.165) is 6.42 Å². The first kappa shape index (κ1) is 19.6. The molecular weight excluding hydrogens is 472 g/mol. The Morgan fingerprint density at radius 2 is 1.80 bits per heavy atom. The molecule has 3 aliphatic rings. The zero-order chi connectivity index (χ0) is 21.0. The van der Waals surface area contributed by atoms with Gasteiger partial charge in [0.2, 0.25) is 5.91 Å². The van der Waals surface area contributed by atoms with Crippen molar-refractivity contribution in [3.63, 3.8) is 0 Å². The van der Waals surface area contributed by atoms with Crippen molar-refractivity contribution in [2.24, 2.45) is 23.7 Å². The summed E-state index contributed by atoms with van der Waals surface area (Å²) in [5.74, 6) is -1.37. The lowest BCUT2D eigenvalue weighted by atomic mass is 9.79. The van der Waals surface area contributed by atoms with Gasteiger partial charge in [-0.15, -0.1) is 0 Å². The number of carbonyl (C=O) groups excluding carboxylic acids is 3. The van der Waals surface area contributed by atoms with E-state index >= 15 is 0 Å². The minimum Gasteiger partial charge on any atom is -0.461 e. The van der Waals surface area contributed by atoms with Crippen LogP contribution in [0.2, 0.25) is 5.02 Å². The number of alkyl halides is 1. The predicted molar refractivity (Wildman–Crippen MR) is 116 cm³/mol. The monoisotopic (exact) mass is 488 g/mol. The van der Waals surface area contributed by atoms with Crippen LogP contribution in [0.5, 0.6) is 0 Å². The van der Waals surface area contributed by atoms with Crippen molar-refractivity contribution < 1.29 is 19.1 Å². The maximum Gasteiger partial charge on any atom is 0.310 e. The molecule has 1 heterocycles. The van der Waals surface area contributed by atoms with E-state index in [1.807, 2.05) is 0 Å². The molecule has 154 valence electrons. The van der Waals surface area contributed by atoms with Gasteiger partial charge < -0.3 is 15.4 Å². The highest BCUT2D eigenvalue weighted by Crippen LogP contribution is 2.60. The van der Waals surface area contributed by atoms with Crippen LogP contribution in [0, 0.1) is 23.7 Å². The number of ether oxygens (including phenoxy) is 1. The number of hydrogen-bond acceptors (Lipinski definition) is 4. The Balaban J connectivity index is 1.30. The third-order valence-corrected chi connectivity index (χ3v) is 7.77. The summed E-state index contributed by atoms with van der Waals surface area (Å²) in [5.41, 5.74) is 1.55. The summed E-state index contributed by atoms with van der Waals surface area (Å²) in [6, 6.07) is 13.5. The summed E-state index contributed by atoms with van der Waals surface area (Å²) in [7, 11) is 0. The van der Waals surface area contributed by atoms with E-state index in [1.54, 1.807) is 48.5 Å². The number of carbonyl (C=O) groups is 3. The minimum absolute atomic E-state index is 0.0115. The van der Waals surface area contributed by atoms with Crippen LogP contribution in [0.15, 0.2) is 48.5 Å². The maximum atomic E-state index is 13.0. The zero-order valence-corrected chi connectivity index (χ0v) is 18.0. The summed E-state index contributed by atoms with van der Waals surface area (Å²) in [6.45, 7) is 0. The van der Waals surface area contributed by atoms with Gasteiger partial charge in [-0.1, -0.05) is 33.6 Å². The molecule has 6 nitrogen and oxygen atoms in total. The molecular formula is C22H18BrClN2O4. The molecule has 1 aliphatic heterocycles. The summed E-state index contributed by atoms with van der Waals surface area (Å²) < 4.78 is 5.47. The van der Waals surface area contributed by atoms with Crippen molar-refractivity contribution in [2.75, 3.05) is 10.6 Å². The van der Waals surface area contributed by atoms with E-state index in [4.69, 9.17) is 16.3 Å². The van der Waals surface area contributed by atoms with Crippen LogP contribution < -0.4 is 10.6 Å². The van der Waals surface area contributed by atoms with E-state index in [9.17, 15) is 14.4 Å². The van der Waals surface area contributed by atoms with Crippen LogP contribution in [0.3, 0.4) is 0 Å². The van der Waals surface area contributed by atoms with Crippen LogP contribution in [0.25, 0.3) is 0 Å². The Bertz CT molecular complexity index is 1040. The van der Waals surface area contributed by atoms with E-state index in [2.05, 4.69) is 26.6 Å². The van der Waals surface area contributed by atoms with Crippen LogP contribution in [0.4, 0.5) is 11.4 Å². The molecule has 8 heteroatoms. The van der Waals surface area contributed by atoms with Gasteiger partial charge in [0, 0.05) is 27.9 Å². The second kappa shape index (κ2) is 7.39. The number of halogens is 2. The highest BCUT2D eigenvalue weighted by atomic mass is 79.9. The molecule has 2 amide bonds. The van der Waals surface area contributed by atoms with Crippen molar-refractivity contribution in [1.82, 2.24) is 0 Å². The van der Waals surface area contributed by atoms with Crippen LogP contribution >= 0.6 is 27.5 Å². The number of benzene rings is 2. The Morgan fingerprint density at radius 3 is 2.57 bits per heavy atom. The van der Waals surface area contributed by atoms with Crippen molar-refractivity contribution >= 4 is 56.7 Å². The first-order valence-corrected chi connectivity index (χ1v) is 11.0. The third kappa shape index (κ3) is 3.20. The Hall–Kier alpha value is -2.38. The van der Waals surface area contributed by atoms with Crippen molar-refractivity contribution in [3.05, 3.63) is 59.1 Å². The lowest BCUT2D eigenvalue weighted by molar-refractivity contribution is -0.145. The normalized spacial score (nSPS) is 30.8. The average Bonchev–Trinajstić information content (AvgIpc) is 3.34. The van der Waals surface area contributed by atoms with Gasteiger partial charge in [-0.3, -0.25) is 14.4 Å².